The molecule has 116 valence electrons. The lowest BCUT2D eigenvalue weighted by Crippen LogP contribution is -2.30. The SMILES string of the molecule is COCCCNC(=O)COc1cc(C(=O)O)ccc1OC. The van der Waals surface area contributed by atoms with Crippen molar-refractivity contribution >= 4 is 11.9 Å². The summed E-state index contributed by atoms with van der Waals surface area (Å²) in [6.45, 7) is 0.838. The zero-order valence-corrected chi connectivity index (χ0v) is 12.0. The maximum Gasteiger partial charge on any atom is 0.335 e. The zero-order valence-electron chi connectivity index (χ0n) is 12.0. The molecule has 0 heterocycles. The molecular formula is C14H19NO6. The average molecular weight is 297 g/mol. The lowest BCUT2D eigenvalue weighted by atomic mass is 10.2. The second kappa shape index (κ2) is 8.80. The number of amides is 1. The second-order valence-electron chi connectivity index (χ2n) is 4.16. The molecular weight excluding hydrogens is 278 g/mol. The van der Waals surface area contributed by atoms with Gasteiger partial charge in [-0.25, -0.2) is 4.79 Å². The van der Waals surface area contributed by atoms with Crippen LogP contribution in [0, 0.1) is 0 Å². The van der Waals surface area contributed by atoms with Gasteiger partial charge in [0, 0.05) is 20.3 Å². The molecule has 0 aliphatic carbocycles. The highest BCUT2D eigenvalue weighted by molar-refractivity contribution is 5.88. The van der Waals surface area contributed by atoms with E-state index in [1.54, 1.807) is 7.11 Å². The molecule has 1 rings (SSSR count). The van der Waals surface area contributed by atoms with Crippen LogP contribution in [0.2, 0.25) is 0 Å². The van der Waals surface area contributed by atoms with Crippen LogP contribution >= 0.6 is 0 Å². The lowest BCUT2D eigenvalue weighted by molar-refractivity contribution is -0.123. The van der Waals surface area contributed by atoms with Gasteiger partial charge in [-0.2, -0.15) is 0 Å². The van der Waals surface area contributed by atoms with Crippen molar-refractivity contribution in [3.63, 3.8) is 0 Å². The van der Waals surface area contributed by atoms with Gasteiger partial charge in [0.25, 0.3) is 5.91 Å². The molecule has 1 aromatic carbocycles. The summed E-state index contributed by atoms with van der Waals surface area (Å²) in [7, 11) is 3.03. The van der Waals surface area contributed by atoms with E-state index in [-0.39, 0.29) is 23.8 Å². The minimum atomic E-state index is -1.08. The third-order valence-corrected chi connectivity index (χ3v) is 2.62. The summed E-state index contributed by atoms with van der Waals surface area (Å²) < 4.78 is 15.2. The number of benzene rings is 1. The minimum absolute atomic E-state index is 0.0614. The number of hydrogen-bond acceptors (Lipinski definition) is 5. The van der Waals surface area contributed by atoms with Crippen LogP contribution in [-0.2, 0) is 9.53 Å². The number of rotatable bonds is 9. The van der Waals surface area contributed by atoms with Crippen LogP contribution < -0.4 is 14.8 Å². The van der Waals surface area contributed by atoms with Gasteiger partial charge in [-0.1, -0.05) is 0 Å². The van der Waals surface area contributed by atoms with Crippen LogP contribution in [-0.4, -0.2) is 51.0 Å². The fraction of sp³-hybridized carbons (Fsp3) is 0.429. The first-order valence-electron chi connectivity index (χ1n) is 6.38. The van der Waals surface area contributed by atoms with E-state index in [0.717, 1.165) is 0 Å². The summed E-state index contributed by atoms with van der Waals surface area (Å²) in [5, 5.41) is 11.6. The van der Waals surface area contributed by atoms with Crippen molar-refractivity contribution in [1.82, 2.24) is 5.32 Å². The van der Waals surface area contributed by atoms with Crippen molar-refractivity contribution in [3.05, 3.63) is 23.8 Å². The van der Waals surface area contributed by atoms with Crippen molar-refractivity contribution in [1.29, 1.82) is 0 Å². The Morgan fingerprint density at radius 2 is 2.00 bits per heavy atom. The van der Waals surface area contributed by atoms with E-state index < -0.39 is 5.97 Å². The highest BCUT2D eigenvalue weighted by Gasteiger charge is 2.11. The molecule has 2 N–H and O–H groups in total. The number of aromatic carboxylic acids is 1. The van der Waals surface area contributed by atoms with E-state index in [4.69, 9.17) is 19.3 Å². The van der Waals surface area contributed by atoms with Crippen LogP contribution in [0.1, 0.15) is 16.8 Å². The fourth-order valence-electron chi connectivity index (χ4n) is 1.56. The Balaban J connectivity index is 2.55. The number of carbonyl (C=O) groups excluding carboxylic acids is 1. The van der Waals surface area contributed by atoms with Gasteiger partial charge >= 0.3 is 5.97 Å². The molecule has 21 heavy (non-hydrogen) atoms. The molecule has 0 spiro atoms. The van der Waals surface area contributed by atoms with Gasteiger partial charge in [0.2, 0.25) is 0 Å². The molecule has 0 aromatic heterocycles. The maximum atomic E-state index is 11.6. The van der Waals surface area contributed by atoms with E-state index in [0.29, 0.717) is 25.3 Å². The van der Waals surface area contributed by atoms with Crippen LogP contribution in [0.15, 0.2) is 18.2 Å². The molecule has 0 unspecified atom stereocenters. The summed E-state index contributed by atoms with van der Waals surface area (Å²) in [5.41, 5.74) is 0.0614. The van der Waals surface area contributed by atoms with Crippen molar-refractivity contribution < 1.29 is 28.9 Å². The van der Waals surface area contributed by atoms with E-state index in [2.05, 4.69) is 5.32 Å². The third kappa shape index (κ3) is 5.70. The Labute approximate surface area is 122 Å². The zero-order chi connectivity index (χ0) is 15.7. The molecule has 1 aromatic rings. The van der Waals surface area contributed by atoms with Gasteiger partial charge in [-0.3, -0.25) is 4.79 Å². The van der Waals surface area contributed by atoms with E-state index in [9.17, 15) is 9.59 Å². The summed E-state index contributed by atoms with van der Waals surface area (Å²) in [4.78, 5) is 22.5. The summed E-state index contributed by atoms with van der Waals surface area (Å²) in [6, 6.07) is 4.20. The van der Waals surface area contributed by atoms with Crippen molar-refractivity contribution in [2.24, 2.45) is 0 Å². The molecule has 0 saturated heterocycles. The van der Waals surface area contributed by atoms with Gasteiger partial charge in [0.05, 0.1) is 12.7 Å². The van der Waals surface area contributed by atoms with E-state index >= 15 is 0 Å². The van der Waals surface area contributed by atoms with Crippen LogP contribution in [0.3, 0.4) is 0 Å². The van der Waals surface area contributed by atoms with Gasteiger partial charge in [0.1, 0.15) is 0 Å². The number of carboxylic acids is 1. The Kier molecular flexibility index (Phi) is 7.03. The summed E-state index contributed by atoms with van der Waals surface area (Å²) in [5.74, 6) is -0.794. The number of methoxy groups -OCH3 is 2. The van der Waals surface area contributed by atoms with Crippen LogP contribution in [0.5, 0.6) is 11.5 Å². The minimum Gasteiger partial charge on any atom is -0.493 e. The Morgan fingerprint density at radius 3 is 2.62 bits per heavy atom. The van der Waals surface area contributed by atoms with E-state index in [1.165, 1.54) is 25.3 Å². The molecule has 0 saturated carbocycles. The average Bonchev–Trinajstić information content (AvgIpc) is 2.49. The highest BCUT2D eigenvalue weighted by Crippen LogP contribution is 2.27. The number of carbonyl (C=O) groups is 2. The maximum absolute atomic E-state index is 11.6. The number of ether oxygens (including phenoxy) is 3. The number of carboxylic acid groups (broad SMARTS) is 1. The molecule has 0 fully saturated rings. The smallest absolute Gasteiger partial charge is 0.335 e. The van der Waals surface area contributed by atoms with E-state index in [1.807, 2.05) is 0 Å². The molecule has 0 aliphatic heterocycles. The molecule has 1 amide bonds. The highest BCUT2D eigenvalue weighted by atomic mass is 16.5. The molecule has 0 atom stereocenters. The van der Waals surface area contributed by atoms with Gasteiger partial charge in [0.15, 0.2) is 18.1 Å². The monoisotopic (exact) mass is 297 g/mol. The first-order valence-corrected chi connectivity index (χ1v) is 6.38. The van der Waals surface area contributed by atoms with Crippen LogP contribution in [0.25, 0.3) is 0 Å². The van der Waals surface area contributed by atoms with Crippen molar-refractivity contribution in [2.45, 2.75) is 6.42 Å². The van der Waals surface area contributed by atoms with Gasteiger partial charge < -0.3 is 24.6 Å². The topological polar surface area (TPSA) is 94.1 Å². The lowest BCUT2D eigenvalue weighted by Gasteiger charge is -2.11. The normalized spacial score (nSPS) is 10.0. The Hall–Kier alpha value is -2.28. The number of nitrogens with one attached hydrogen (secondary N) is 1. The summed E-state index contributed by atoms with van der Waals surface area (Å²) in [6.07, 6.45) is 0.708. The molecule has 7 nitrogen and oxygen atoms in total. The Bertz CT molecular complexity index is 488. The first-order chi connectivity index (χ1) is 10.1. The van der Waals surface area contributed by atoms with Gasteiger partial charge in [-0.05, 0) is 24.6 Å². The quantitative estimate of drug-likeness (QED) is 0.658. The molecule has 0 aliphatic rings. The van der Waals surface area contributed by atoms with Crippen molar-refractivity contribution in [2.75, 3.05) is 34.0 Å². The predicted octanol–water partition coefficient (Wildman–Crippen LogP) is 0.925. The standard InChI is InChI=1S/C14H19NO6/c1-19-7-3-6-15-13(16)9-21-12-8-10(14(17)18)4-5-11(12)20-2/h4-5,8H,3,6-7,9H2,1-2H3,(H,15,16)(H,17,18). The molecule has 0 radical (unpaired) electrons. The molecule has 7 heteroatoms. The van der Waals surface area contributed by atoms with Crippen LogP contribution in [0.4, 0.5) is 0 Å². The number of hydrogen-bond donors (Lipinski definition) is 2. The Morgan fingerprint density at radius 1 is 1.24 bits per heavy atom. The summed E-state index contributed by atoms with van der Waals surface area (Å²) >= 11 is 0. The molecule has 0 bridgehead atoms. The first kappa shape index (κ1) is 16.8. The largest absolute Gasteiger partial charge is 0.493 e. The predicted molar refractivity (Wildman–Crippen MR) is 75.0 cm³/mol. The fourth-order valence-corrected chi connectivity index (χ4v) is 1.56. The third-order valence-electron chi connectivity index (χ3n) is 2.62. The second-order valence-corrected chi connectivity index (χ2v) is 4.16. The van der Waals surface area contributed by atoms with Crippen molar-refractivity contribution in [3.8, 4) is 11.5 Å². The van der Waals surface area contributed by atoms with Gasteiger partial charge in [-0.15, -0.1) is 0 Å².